The van der Waals surface area contributed by atoms with Crippen molar-refractivity contribution in [3.8, 4) is 0 Å². The number of benzene rings is 1. The second kappa shape index (κ2) is 10.7. The Bertz CT molecular complexity index is 1130. The van der Waals surface area contributed by atoms with Crippen LogP contribution in [0.2, 0.25) is 0 Å². The van der Waals surface area contributed by atoms with Crippen molar-refractivity contribution in [2.45, 2.75) is 38.4 Å². The summed E-state index contributed by atoms with van der Waals surface area (Å²) in [5.74, 6) is 1.81. The minimum atomic E-state index is -4.46. The Morgan fingerprint density at radius 2 is 1.54 bits per heavy atom. The first kappa shape index (κ1) is 25.6. The predicted molar refractivity (Wildman–Crippen MR) is 131 cm³/mol. The van der Waals surface area contributed by atoms with E-state index in [2.05, 4.69) is 19.8 Å². The number of anilines is 1. The summed E-state index contributed by atoms with van der Waals surface area (Å²) in [7, 11) is 0. The molecule has 1 saturated heterocycles. The van der Waals surface area contributed by atoms with Gasteiger partial charge in [-0.3, -0.25) is 4.90 Å². The normalized spacial score (nSPS) is 17.1. The molecule has 5 rings (SSSR count). The van der Waals surface area contributed by atoms with Gasteiger partial charge in [-0.1, -0.05) is 12.1 Å². The molecule has 188 valence electrons. The maximum Gasteiger partial charge on any atom is 0.433 e. The molecule has 4 nitrogen and oxygen atoms in total. The van der Waals surface area contributed by atoms with Crippen LogP contribution in [0.25, 0.3) is 10.9 Å². The standard InChI is InChI=1S/C26H28F4N4.ClH/c27-21-5-3-19(4-6-21)16-33(15-18-1-2-18)17-20-10-13-34(14-11-20)25-22-7-8-24(26(28,29)30)32-23(22)9-12-31-25;/h3-9,12,18,20H,1-2,10-11,13-17H2;1H. The molecule has 3 heterocycles. The fourth-order valence-corrected chi connectivity index (χ4v) is 4.86. The van der Waals surface area contributed by atoms with Gasteiger partial charge < -0.3 is 4.90 Å². The molecular formula is C26H29ClF4N4. The summed E-state index contributed by atoms with van der Waals surface area (Å²) in [6.45, 7) is 4.53. The third kappa shape index (κ3) is 6.41. The Kier molecular flexibility index (Phi) is 7.81. The Morgan fingerprint density at radius 3 is 2.17 bits per heavy atom. The van der Waals surface area contributed by atoms with Gasteiger partial charge >= 0.3 is 6.18 Å². The molecule has 3 aromatic rings. The number of aromatic nitrogens is 2. The highest BCUT2D eigenvalue weighted by Crippen LogP contribution is 2.34. The summed E-state index contributed by atoms with van der Waals surface area (Å²) >= 11 is 0. The summed E-state index contributed by atoms with van der Waals surface area (Å²) in [5.41, 5.74) is 0.565. The molecule has 2 aliphatic rings. The SMILES string of the molecule is Cl.Fc1ccc(CN(CC2CC2)CC2CCN(c3nccc4nc(C(F)(F)F)ccc34)CC2)cc1. The summed E-state index contributed by atoms with van der Waals surface area (Å²) in [6.07, 6.45) is 1.64. The van der Waals surface area contributed by atoms with Crippen LogP contribution in [-0.2, 0) is 12.7 Å². The first-order valence-corrected chi connectivity index (χ1v) is 11.9. The van der Waals surface area contributed by atoms with Crippen LogP contribution >= 0.6 is 12.4 Å². The highest BCUT2D eigenvalue weighted by molar-refractivity contribution is 5.89. The Morgan fingerprint density at radius 1 is 0.886 bits per heavy atom. The first-order valence-electron chi connectivity index (χ1n) is 11.9. The maximum absolute atomic E-state index is 13.3. The molecule has 0 spiro atoms. The van der Waals surface area contributed by atoms with Crippen molar-refractivity contribution < 1.29 is 17.6 Å². The van der Waals surface area contributed by atoms with Gasteiger partial charge in [0.05, 0.1) is 5.52 Å². The van der Waals surface area contributed by atoms with Crippen molar-refractivity contribution in [2.24, 2.45) is 11.8 Å². The minimum absolute atomic E-state index is 0. The topological polar surface area (TPSA) is 32.3 Å². The molecule has 1 aromatic carbocycles. The van der Waals surface area contributed by atoms with E-state index in [0.717, 1.165) is 63.1 Å². The molecule has 0 atom stereocenters. The van der Waals surface area contributed by atoms with E-state index in [1.807, 2.05) is 12.1 Å². The van der Waals surface area contributed by atoms with Gasteiger partial charge in [0.25, 0.3) is 0 Å². The molecule has 1 saturated carbocycles. The number of alkyl halides is 3. The van der Waals surface area contributed by atoms with E-state index in [1.165, 1.54) is 43.3 Å². The number of hydrogen-bond donors (Lipinski definition) is 0. The zero-order chi connectivity index (χ0) is 23.7. The van der Waals surface area contributed by atoms with Crippen LogP contribution in [0.5, 0.6) is 0 Å². The van der Waals surface area contributed by atoms with E-state index in [-0.39, 0.29) is 18.2 Å². The molecule has 0 unspecified atom stereocenters. The lowest BCUT2D eigenvalue weighted by atomic mass is 9.95. The maximum atomic E-state index is 13.3. The molecule has 0 bridgehead atoms. The van der Waals surface area contributed by atoms with E-state index in [1.54, 1.807) is 0 Å². The lowest BCUT2D eigenvalue weighted by Gasteiger charge is -2.36. The van der Waals surface area contributed by atoms with Crippen LogP contribution in [0.3, 0.4) is 0 Å². The molecule has 1 aliphatic carbocycles. The highest BCUT2D eigenvalue weighted by Gasteiger charge is 2.33. The zero-order valence-electron chi connectivity index (χ0n) is 19.3. The van der Waals surface area contributed by atoms with Crippen LogP contribution in [0.15, 0.2) is 48.7 Å². The van der Waals surface area contributed by atoms with Crippen molar-refractivity contribution in [3.05, 3.63) is 65.7 Å². The monoisotopic (exact) mass is 508 g/mol. The lowest BCUT2D eigenvalue weighted by molar-refractivity contribution is -0.140. The number of piperidine rings is 1. The molecule has 0 amide bonds. The van der Waals surface area contributed by atoms with E-state index >= 15 is 0 Å². The van der Waals surface area contributed by atoms with Gasteiger partial charge in [0, 0.05) is 44.3 Å². The molecule has 0 N–H and O–H groups in total. The minimum Gasteiger partial charge on any atom is -0.356 e. The van der Waals surface area contributed by atoms with Crippen molar-refractivity contribution >= 4 is 29.1 Å². The predicted octanol–water partition coefficient (Wildman–Crippen LogP) is 6.34. The van der Waals surface area contributed by atoms with Crippen molar-refractivity contribution in [3.63, 3.8) is 0 Å². The largest absolute Gasteiger partial charge is 0.433 e. The van der Waals surface area contributed by atoms with Gasteiger partial charge in [0.15, 0.2) is 0 Å². The van der Waals surface area contributed by atoms with Gasteiger partial charge in [-0.25, -0.2) is 14.4 Å². The molecular weight excluding hydrogens is 480 g/mol. The van der Waals surface area contributed by atoms with Crippen LogP contribution < -0.4 is 4.90 Å². The van der Waals surface area contributed by atoms with Crippen LogP contribution in [0, 0.1) is 17.7 Å². The number of fused-ring (bicyclic) bond motifs is 1. The fraction of sp³-hybridized carbons (Fsp3) is 0.462. The third-order valence-corrected chi connectivity index (χ3v) is 6.85. The number of nitrogens with zero attached hydrogens (tertiary/aromatic N) is 4. The molecule has 35 heavy (non-hydrogen) atoms. The third-order valence-electron chi connectivity index (χ3n) is 6.85. The fourth-order valence-electron chi connectivity index (χ4n) is 4.86. The number of pyridine rings is 2. The van der Waals surface area contributed by atoms with Gasteiger partial charge in [0.2, 0.25) is 0 Å². The summed E-state index contributed by atoms with van der Waals surface area (Å²) in [4.78, 5) is 13.0. The molecule has 2 fully saturated rings. The molecule has 2 aromatic heterocycles. The van der Waals surface area contributed by atoms with E-state index in [9.17, 15) is 17.6 Å². The number of halogens is 5. The van der Waals surface area contributed by atoms with Gasteiger partial charge in [-0.15, -0.1) is 12.4 Å². The van der Waals surface area contributed by atoms with E-state index < -0.39 is 11.9 Å². The van der Waals surface area contributed by atoms with Crippen LogP contribution in [0.4, 0.5) is 23.4 Å². The lowest BCUT2D eigenvalue weighted by Crippen LogP contribution is -2.39. The van der Waals surface area contributed by atoms with Gasteiger partial charge in [-0.2, -0.15) is 13.2 Å². The Balaban J connectivity index is 0.00000289. The van der Waals surface area contributed by atoms with E-state index in [4.69, 9.17) is 0 Å². The molecule has 0 radical (unpaired) electrons. The Hall–Kier alpha value is -2.45. The Labute approximate surface area is 208 Å². The second-order valence-electron chi connectivity index (χ2n) is 9.59. The first-order chi connectivity index (χ1) is 16.3. The van der Waals surface area contributed by atoms with Crippen molar-refractivity contribution in [1.29, 1.82) is 0 Å². The van der Waals surface area contributed by atoms with Gasteiger partial charge in [0.1, 0.15) is 17.3 Å². The average molecular weight is 509 g/mol. The molecule has 1 aliphatic heterocycles. The second-order valence-corrected chi connectivity index (χ2v) is 9.59. The van der Waals surface area contributed by atoms with Crippen LogP contribution in [-0.4, -0.2) is 41.0 Å². The van der Waals surface area contributed by atoms with Crippen molar-refractivity contribution in [1.82, 2.24) is 14.9 Å². The number of hydrogen-bond acceptors (Lipinski definition) is 4. The average Bonchev–Trinajstić information content (AvgIpc) is 3.64. The van der Waals surface area contributed by atoms with Gasteiger partial charge in [-0.05, 0) is 73.4 Å². The van der Waals surface area contributed by atoms with E-state index in [0.29, 0.717) is 22.6 Å². The summed E-state index contributed by atoms with van der Waals surface area (Å²) in [5, 5.41) is 0.653. The highest BCUT2D eigenvalue weighted by atomic mass is 35.5. The quantitative estimate of drug-likeness (QED) is 0.349. The zero-order valence-corrected chi connectivity index (χ0v) is 20.2. The summed E-state index contributed by atoms with van der Waals surface area (Å²) in [6, 6.07) is 10.8. The number of rotatable bonds is 7. The van der Waals surface area contributed by atoms with Crippen LogP contribution in [0.1, 0.15) is 36.9 Å². The van der Waals surface area contributed by atoms with Crippen molar-refractivity contribution in [2.75, 3.05) is 31.1 Å². The summed E-state index contributed by atoms with van der Waals surface area (Å²) < 4.78 is 52.4. The molecule has 9 heteroatoms. The smallest absolute Gasteiger partial charge is 0.356 e.